The molecule has 2 aromatic rings. The fourth-order valence-electron chi connectivity index (χ4n) is 3.55. The van der Waals surface area contributed by atoms with Gasteiger partial charge in [0.05, 0.1) is 22.4 Å². The van der Waals surface area contributed by atoms with Gasteiger partial charge in [0.2, 0.25) is 11.1 Å². The summed E-state index contributed by atoms with van der Waals surface area (Å²) in [5.41, 5.74) is 0.338. The van der Waals surface area contributed by atoms with Crippen LogP contribution in [0.3, 0.4) is 0 Å². The molecule has 0 unspecified atom stereocenters. The minimum atomic E-state index is -0.392. The van der Waals surface area contributed by atoms with E-state index in [2.05, 4.69) is 25.8 Å². The molecule has 1 heterocycles. The van der Waals surface area contributed by atoms with Crippen LogP contribution >= 0.6 is 35.0 Å². The summed E-state index contributed by atoms with van der Waals surface area (Å²) in [5, 5.41) is 14.3. The summed E-state index contributed by atoms with van der Waals surface area (Å²) >= 11 is 13.3. The molecule has 1 aliphatic carbocycles. The van der Waals surface area contributed by atoms with Crippen molar-refractivity contribution in [2.24, 2.45) is 5.92 Å². The van der Waals surface area contributed by atoms with E-state index in [1.165, 1.54) is 37.1 Å². The summed E-state index contributed by atoms with van der Waals surface area (Å²) in [5.74, 6) is 0.513. The van der Waals surface area contributed by atoms with E-state index in [0.717, 1.165) is 12.8 Å². The Morgan fingerprint density at radius 3 is 2.65 bits per heavy atom. The van der Waals surface area contributed by atoms with Gasteiger partial charge in [-0.2, -0.15) is 0 Å². The van der Waals surface area contributed by atoms with Crippen LogP contribution in [0.4, 0.5) is 0 Å². The van der Waals surface area contributed by atoms with Crippen LogP contribution in [-0.2, 0) is 4.79 Å². The lowest BCUT2D eigenvalue weighted by Gasteiger charge is -2.22. The first-order valence-electron chi connectivity index (χ1n) is 10.4. The number of aromatic amines is 1. The molecule has 1 aromatic heterocycles. The highest BCUT2D eigenvalue weighted by atomic mass is 35.5. The Labute approximate surface area is 196 Å². The maximum Gasteiger partial charge on any atom is 0.253 e. The van der Waals surface area contributed by atoms with Crippen molar-refractivity contribution in [1.82, 2.24) is 25.8 Å². The highest BCUT2D eigenvalue weighted by Gasteiger charge is 2.24. The molecular weight excluding hydrogens is 457 g/mol. The summed E-state index contributed by atoms with van der Waals surface area (Å²) in [6.45, 7) is 3.95. The molecule has 0 saturated heterocycles. The topological polar surface area (TPSA) is 99.8 Å². The third kappa shape index (κ3) is 6.85. The fraction of sp³-hybridized carbons (Fsp3) is 0.524. The van der Waals surface area contributed by atoms with Crippen molar-refractivity contribution in [1.29, 1.82) is 0 Å². The normalized spacial score (nSPS) is 15.6. The molecule has 168 valence electrons. The van der Waals surface area contributed by atoms with E-state index in [0.29, 0.717) is 21.6 Å². The summed E-state index contributed by atoms with van der Waals surface area (Å²) < 4.78 is 0. The molecule has 1 fully saturated rings. The lowest BCUT2D eigenvalue weighted by Crippen LogP contribution is -2.37. The third-order valence-corrected chi connectivity index (χ3v) is 6.60. The van der Waals surface area contributed by atoms with Crippen molar-refractivity contribution in [2.75, 3.05) is 5.75 Å². The highest BCUT2D eigenvalue weighted by Crippen LogP contribution is 2.25. The van der Waals surface area contributed by atoms with Crippen molar-refractivity contribution in [3.8, 4) is 0 Å². The van der Waals surface area contributed by atoms with Crippen LogP contribution in [-0.4, -0.2) is 38.8 Å². The van der Waals surface area contributed by atoms with E-state index in [-0.39, 0.29) is 34.5 Å². The predicted octanol–water partition coefficient (Wildman–Crippen LogP) is 4.78. The van der Waals surface area contributed by atoms with E-state index in [1.54, 1.807) is 12.1 Å². The molecular formula is C21H27Cl2N5O2S. The third-order valence-electron chi connectivity index (χ3n) is 5.21. The smallest absolute Gasteiger partial charge is 0.253 e. The Hall–Kier alpha value is -1.77. The highest BCUT2D eigenvalue weighted by molar-refractivity contribution is 7.99. The van der Waals surface area contributed by atoms with E-state index in [9.17, 15) is 9.59 Å². The second-order valence-corrected chi connectivity index (χ2v) is 9.80. The maximum absolute atomic E-state index is 12.7. The Balaban J connectivity index is 1.58. The average Bonchev–Trinajstić information content (AvgIpc) is 3.19. The number of benzene rings is 1. The van der Waals surface area contributed by atoms with Gasteiger partial charge in [-0.1, -0.05) is 68.1 Å². The molecule has 10 heteroatoms. The molecule has 31 heavy (non-hydrogen) atoms. The van der Waals surface area contributed by atoms with Gasteiger partial charge in [-0.3, -0.25) is 14.7 Å². The van der Waals surface area contributed by atoms with Crippen LogP contribution in [0.5, 0.6) is 0 Å². The van der Waals surface area contributed by atoms with Gasteiger partial charge in [0.25, 0.3) is 5.91 Å². The summed E-state index contributed by atoms with van der Waals surface area (Å²) in [7, 11) is 0. The van der Waals surface area contributed by atoms with Gasteiger partial charge in [-0.25, -0.2) is 4.98 Å². The molecule has 0 bridgehead atoms. The number of hydrogen-bond acceptors (Lipinski definition) is 5. The first-order valence-corrected chi connectivity index (χ1v) is 12.2. The number of carbonyl (C=O) groups is 2. The second-order valence-electron chi connectivity index (χ2n) is 8.01. The molecule has 1 aromatic carbocycles. The van der Waals surface area contributed by atoms with Crippen LogP contribution in [0, 0.1) is 5.92 Å². The predicted molar refractivity (Wildman–Crippen MR) is 124 cm³/mol. The molecule has 1 atom stereocenters. The quantitative estimate of drug-likeness (QED) is 0.469. The summed E-state index contributed by atoms with van der Waals surface area (Å²) in [4.78, 5) is 29.4. The van der Waals surface area contributed by atoms with Crippen LogP contribution < -0.4 is 10.6 Å². The lowest BCUT2D eigenvalue weighted by molar-refractivity contribution is -0.119. The van der Waals surface area contributed by atoms with E-state index in [4.69, 9.17) is 23.2 Å². The van der Waals surface area contributed by atoms with Crippen LogP contribution in [0.15, 0.2) is 23.4 Å². The molecule has 0 radical (unpaired) electrons. The first kappa shape index (κ1) is 23.9. The number of amides is 2. The number of thioether (sulfide) groups is 1. The largest absolute Gasteiger partial charge is 0.353 e. The van der Waals surface area contributed by atoms with Crippen molar-refractivity contribution < 1.29 is 9.59 Å². The number of carbonyl (C=O) groups excluding carboxylic acids is 2. The fourth-order valence-corrected chi connectivity index (χ4v) is 4.66. The standard InChI is InChI=1S/C21H27Cl2N5O2S/c1-12(2)18(25-20(30)15-9-8-13(22)10-16(15)23)19-26-21(28-27-19)31-11-17(29)24-14-6-4-3-5-7-14/h8-10,12,14,18H,3-7,11H2,1-2H3,(H,24,29)(H,25,30)(H,26,27,28)/t18-/m0/s1. The number of rotatable bonds is 8. The molecule has 0 spiro atoms. The zero-order valence-electron chi connectivity index (χ0n) is 17.6. The zero-order chi connectivity index (χ0) is 22.4. The Kier molecular flexibility index (Phi) is 8.63. The summed E-state index contributed by atoms with van der Waals surface area (Å²) in [6.07, 6.45) is 5.69. The minimum Gasteiger partial charge on any atom is -0.353 e. The van der Waals surface area contributed by atoms with Crippen molar-refractivity contribution in [2.45, 2.75) is 63.2 Å². The molecule has 0 aliphatic heterocycles. The van der Waals surface area contributed by atoms with Gasteiger partial charge in [-0.15, -0.1) is 5.10 Å². The van der Waals surface area contributed by atoms with E-state index >= 15 is 0 Å². The molecule has 3 rings (SSSR count). The second kappa shape index (κ2) is 11.2. The number of H-pyrrole nitrogens is 1. The maximum atomic E-state index is 12.7. The SMILES string of the molecule is CC(C)[C@H](NC(=O)c1ccc(Cl)cc1Cl)c1nc(SCC(=O)NC2CCCCC2)n[nH]1. The molecule has 3 N–H and O–H groups in total. The number of nitrogens with zero attached hydrogens (tertiary/aromatic N) is 2. The molecule has 1 saturated carbocycles. The van der Waals surface area contributed by atoms with E-state index in [1.807, 2.05) is 13.8 Å². The van der Waals surface area contributed by atoms with Crippen molar-refractivity contribution in [3.63, 3.8) is 0 Å². The van der Waals surface area contributed by atoms with Crippen LogP contribution in [0.1, 0.15) is 68.2 Å². The zero-order valence-corrected chi connectivity index (χ0v) is 19.9. The monoisotopic (exact) mass is 483 g/mol. The molecule has 2 amide bonds. The van der Waals surface area contributed by atoms with Crippen molar-refractivity contribution >= 4 is 46.8 Å². The summed E-state index contributed by atoms with van der Waals surface area (Å²) in [6, 6.07) is 4.63. The Morgan fingerprint density at radius 2 is 1.97 bits per heavy atom. The van der Waals surface area contributed by atoms with Gasteiger partial charge in [0.1, 0.15) is 5.82 Å². The molecule has 7 nitrogen and oxygen atoms in total. The van der Waals surface area contributed by atoms with Gasteiger partial charge in [0, 0.05) is 11.1 Å². The average molecular weight is 484 g/mol. The van der Waals surface area contributed by atoms with Crippen LogP contribution in [0.25, 0.3) is 0 Å². The number of nitrogens with one attached hydrogen (secondary N) is 3. The first-order chi connectivity index (χ1) is 14.8. The van der Waals surface area contributed by atoms with E-state index < -0.39 is 6.04 Å². The molecule has 1 aliphatic rings. The Bertz CT molecular complexity index is 915. The van der Waals surface area contributed by atoms with Gasteiger partial charge >= 0.3 is 0 Å². The van der Waals surface area contributed by atoms with Crippen LogP contribution in [0.2, 0.25) is 10.0 Å². The van der Waals surface area contributed by atoms with Gasteiger partial charge < -0.3 is 10.6 Å². The van der Waals surface area contributed by atoms with Crippen molar-refractivity contribution in [3.05, 3.63) is 39.6 Å². The Morgan fingerprint density at radius 1 is 1.23 bits per heavy atom. The van der Waals surface area contributed by atoms with Gasteiger partial charge in [-0.05, 0) is 37.0 Å². The van der Waals surface area contributed by atoms with Gasteiger partial charge in [0.15, 0.2) is 0 Å². The lowest BCUT2D eigenvalue weighted by atomic mass is 9.95. The number of aromatic nitrogens is 3. The number of halogens is 2. The minimum absolute atomic E-state index is 0.00524. The number of hydrogen-bond donors (Lipinski definition) is 3.